The van der Waals surface area contributed by atoms with Crippen molar-refractivity contribution in [2.24, 2.45) is 17.8 Å². The highest BCUT2D eigenvalue weighted by molar-refractivity contribution is 5.84. The summed E-state index contributed by atoms with van der Waals surface area (Å²) in [5, 5.41) is 3.39. The molecule has 1 aliphatic heterocycles. The summed E-state index contributed by atoms with van der Waals surface area (Å²) in [6, 6.07) is 10.6. The summed E-state index contributed by atoms with van der Waals surface area (Å²) in [6.45, 7) is 6.60. The first-order chi connectivity index (χ1) is 10.6. The predicted molar refractivity (Wildman–Crippen MR) is 89.7 cm³/mol. The Bertz CT molecular complexity index is 513. The number of hydrogen-bond donors (Lipinski definition) is 1. The summed E-state index contributed by atoms with van der Waals surface area (Å²) >= 11 is 0. The van der Waals surface area contributed by atoms with Crippen molar-refractivity contribution < 1.29 is 4.79 Å². The molecule has 1 unspecified atom stereocenters. The van der Waals surface area contributed by atoms with E-state index in [1.165, 1.54) is 13.0 Å². The molecule has 1 aliphatic carbocycles. The van der Waals surface area contributed by atoms with Crippen LogP contribution in [0.1, 0.15) is 38.2 Å². The fourth-order valence-corrected chi connectivity index (χ4v) is 4.44. The van der Waals surface area contributed by atoms with E-state index < -0.39 is 0 Å². The van der Waals surface area contributed by atoms with Gasteiger partial charge in [-0.1, -0.05) is 44.2 Å². The van der Waals surface area contributed by atoms with Crippen LogP contribution in [0.2, 0.25) is 0 Å². The van der Waals surface area contributed by atoms with Crippen molar-refractivity contribution in [1.29, 1.82) is 0 Å². The minimum atomic E-state index is -0.0422. The topological polar surface area (TPSA) is 32.3 Å². The third-order valence-electron chi connectivity index (χ3n) is 5.47. The largest absolute Gasteiger partial charge is 0.352 e. The first-order valence-corrected chi connectivity index (χ1v) is 8.60. The van der Waals surface area contributed by atoms with Crippen LogP contribution in [0.15, 0.2) is 30.3 Å². The molecule has 3 rings (SSSR count). The Morgan fingerprint density at radius 3 is 2.59 bits per heavy atom. The molecule has 0 radical (unpaired) electrons. The predicted octanol–water partition coefficient (Wildman–Crippen LogP) is 2.88. The van der Waals surface area contributed by atoms with Gasteiger partial charge in [0.2, 0.25) is 5.91 Å². The van der Waals surface area contributed by atoms with Gasteiger partial charge in [0.15, 0.2) is 0 Å². The number of fused-ring (bicyclic) bond motifs is 1. The van der Waals surface area contributed by atoms with Crippen molar-refractivity contribution in [3.63, 3.8) is 0 Å². The highest BCUT2D eigenvalue weighted by Gasteiger charge is 2.42. The highest BCUT2D eigenvalue weighted by atomic mass is 16.2. The number of carbonyl (C=O) groups excluding carboxylic acids is 1. The van der Waals surface area contributed by atoms with Gasteiger partial charge in [-0.3, -0.25) is 4.79 Å². The molecule has 1 saturated carbocycles. The number of hydrogen-bond acceptors (Lipinski definition) is 2. The van der Waals surface area contributed by atoms with Crippen molar-refractivity contribution in [3.05, 3.63) is 35.9 Å². The van der Waals surface area contributed by atoms with Crippen LogP contribution in [0.25, 0.3) is 0 Å². The average molecular weight is 300 g/mol. The molecule has 120 valence electrons. The first kappa shape index (κ1) is 15.5. The molecule has 1 heterocycles. The molecule has 1 N–H and O–H groups in total. The average Bonchev–Trinajstić information content (AvgIpc) is 3.00. The molecule has 3 heteroatoms. The Balaban J connectivity index is 1.70. The molecule has 0 bridgehead atoms. The lowest BCUT2D eigenvalue weighted by Crippen LogP contribution is -2.42. The standard InChI is InChI=1S/C19H28N2O/c1-13(2)18(14-7-5-4-6-8-14)19(22)20-17-10-9-15-11-21(3)12-16(15)17/h4-8,13,15-18H,9-12H2,1-3H3,(H,20,22)/t15-,16+,17+,18?/m1/s1. The molecule has 2 fully saturated rings. The van der Waals surface area contributed by atoms with Gasteiger partial charge in [-0.25, -0.2) is 0 Å². The fourth-order valence-electron chi connectivity index (χ4n) is 4.44. The zero-order valence-electron chi connectivity index (χ0n) is 14.0. The van der Waals surface area contributed by atoms with E-state index in [4.69, 9.17) is 0 Å². The zero-order valence-corrected chi connectivity index (χ0v) is 14.0. The summed E-state index contributed by atoms with van der Waals surface area (Å²) in [7, 11) is 2.19. The highest BCUT2D eigenvalue weighted by Crippen LogP contribution is 2.38. The zero-order chi connectivity index (χ0) is 15.7. The molecule has 1 amide bonds. The van der Waals surface area contributed by atoms with Gasteiger partial charge in [-0.05, 0) is 43.2 Å². The van der Waals surface area contributed by atoms with E-state index >= 15 is 0 Å². The molecule has 22 heavy (non-hydrogen) atoms. The van der Waals surface area contributed by atoms with Crippen LogP contribution in [0.4, 0.5) is 0 Å². The maximum Gasteiger partial charge on any atom is 0.228 e. The van der Waals surface area contributed by atoms with Crippen molar-refractivity contribution in [3.8, 4) is 0 Å². The molecule has 1 aromatic carbocycles. The Morgan fingerprint density at radius 1 is 1.18 bits per heavy atom. The minimum absolute atomic E-state index is 0.0422. The lowest BCUT2D eigenvalue weighted by Gasteiger charge is -2.26. The van der Waals surface area contributed by atoms with Crippen molar-refractivity contribution in [1.82, 2.24) is 10.2 Å². The summed E-state index contributed by atoms with van der Waals surface area (Å²) < 4.78 is 0. The summed E-state index contributed by atoms with van der Waals surface area (Å²) in [5.41, 5.74) is 1.13. The molecule has 1 aromatic rings. The number of rotatable bonds is 4. The molecule has 3 nitrogen and oxygen atoms in total. The van der Waals surface area contributed by atoms with Crippen molar-refractivity contribution >= 4 is 5.91 Å². The third-order valence-corrected chi connectivity index (χ3v) is 5.47. The minimum Gasteiger partial charge on any atom is -0.352 e. The molecule has 0 spiro atoms. The Labute approximate surface area is 134 Å². The molecular weight excluding hydrogens is 272 g/mol. The maximum absolute atomic E-state index is 12.9. The van der Waals surface area contributed by atoms with E-state index in [0.717, 1.165) is 24.4 Å². The van der Waals surface area contributed by atoms with E-state index in [2.05, 4.69) is 43.2 Å². The van der Waals surface area contributed by atoms with Gasteiger partial charge < -0.3 is 10.2 Å². The van der Waals surface area contributed by atoms with Crippen molar-refractivity contribution in [2.75, 3.05) is 20.1 Å². The second-order valence-corrected chi connectivity index (χ2v) is 7.47. The van der Waals surface area contributed by atoms with Crippen molar-refractivity contribution in [2.45, 2.75) is 38.6 Å². The Morgan fingerprint density at radius 2 is 1.91 bits per heavy atom. The Hall–Kier alpha value is -1.35. The summed E-state index contributed by atoms with van der Waals surface area (Å²) in [4.78, 5) is 15.3. The smallest absolute Gasteiger partial charge is 0.228 e. The van der Waals surface area contributed by atoms with Crippen LogP contribution in [0, 0.1) is 17.8 Å². The van der Waals surface area contributed by atoms with Gasteiger partial charge in [-0.2, -0.15) is 0 Å². The molecule has 0 aromatic heterocycles. The molecule has 1 saturated heterocycles. The van der Waals surface area contributed by atoms with Gasteiger partial charge >= 0.3 is 0 Å². The SMILES string of the molecule is CC(C)C(C(=O)N[C@H]1CC[C@@H]2CN(C)C[C@@H]21)c1ccccc1. The number of nitrogens with one attached hydrogen (secondary N) is 1. The fraction of sp³-hybridized carbons (Fsp3) is 0.632. The van der Waals surface area contributed by atoms with Crippen LogP contribution in [0.5, 0.6) is 0 Å². The normalized spacial score (nSPS) is 29.5. The van der Waals surface area contributed by atoms with Gasteiger partial charge in [-0.15, -0.1) is 0 Å². The van der Waals surface area contributed by atoms with Gasteiger partial charge in [0.25, 0.3) is 0 Å². The molecule has 4 atom stereocenters. The van der Waals surface area contributed by atoms with E-state index in [1.54, 1.807) is 0 Å². The third kappa shape index (κ3) is 3.05. The number of carbonyl (C=O) groups is 1. The van der Waals surface area contributed by atoms with E-state index in [9.17, 15) is 4.79 Å². The molecular formula is C19H28N2O. The van der Waals surface area contributed by atoms with Gasteiger partial charge in [0.1, 0.15) is 0 Å². The van der Waals surface area contributed by atoms with Crippen LogP contribution in [-0.2, 0) is 4.79 Å². The quantitative estimate of drug-likeness (QED) is 0.927. The van der Waals surface area contributed by atoms with Crippen LogP contribution in [-0.4, -0.2) is 37.0 Å². The lowest BCUT2D eigenvalue weighted by molar-refractivity contribution is -0.124. The first-order valence-electron chi connectivity index (χ1n) is 8.60. The van der Waals surface area contributed by atoms with Gasteiger partial charge in [0, 0.05) is 19.1 Å². The summed E-state index contributed by atoms with van der Waals surface area (Å²) in [5.74, 6) is 1.91. The van der Waals surface area contributed by atoms with Crippen LogP contribution in [0.3, 0.4) is 0 Å². The number of likely N-dealkylation sites (tertiary alicyclic amines) is 1. The lowest BCUT2D eigenvalue weighted by atomic mass is 9.87. The van der Waals surface area contributed by atoms with Crippen LogP contribution >= 0.6 is 0 Å². The van der Waals surface area contributed by atoms with Crippen LogP contribution < -0.4 is 5.32 Å². The number of amides is 1. The van der Waals surface area contributed by atoms with E-state index in [1.807, 2.05) is 18.2 Å². The monoisotopic (exact) mass is 300 g/mol. The Kier molecular flexibility index (Phi) is 4.53. The maximum atomic E-state index is 12.9. The van der Waals surface area contributed by atoms with Gasteiger partial charge in [0.05, 0.1) is 5.92 Å². The number of nitrogens with zero attached hydrogens (tertiary/aromatic N) is 1. The summed E-state index contributed by atoms with van der Waals surface area (Å²) in [6.07, 6.45) is 2.41. The van der Waals surface area contributed by atoms with E-state index in [0.29, 0.717) is 17.9 Å². The second kappa shape index (κ2) is 6.41. The van der Waals surface area contributed by atoms with E-state index in [-0.39, 0.29) is 11.8 Å². The second-order valence-electron chi connectivity index (χ2n) is 7.47. The number of benzene rings is 1. The molecule has 2 aliphatic rings.